The smallest absolute Gasteiger partial charge is 0.319 e. The van der Waals surface area contributed by atoms with Crippen molar-refractivity contribution in [1.82, 2.24) is 20.2 Å². The van der Waals surface area contributed by atoms with E-state index in [9.17, 15) is 4.39 Å². The maximum absolute atomic E-state index is 13.5. The van der Waals surface area contributed by atoms with Crippen molar-refractivity contribution in [3.05, 3.63) is 89.6 Å². The zero-order valence-electron chi connectivity index (χ0n) is 19.4. The molecule has 1 saturated carbocycles. The predicted molar refractivity (Wildman–Crippen MR) is 131 cm³/mol. The number of ether oxygens (including phenoxy) is 2. The summed E-state index contributed by atoms with van der Waals surface area (Å²) < 4.78 is 24.1. The minimum absolute atomic E-state index is 0.0194. The van der Waals surface area contributed by atoms with Crippen LogP contribution in [0.15, 0.2) is 77.9 Å². The average Bonchev–Trinajstić information content (AvgIpc) is 3.72. The molecule has 2 unspecified atom stereocenters. The molecule has 0 N–H and O–H groups in total. The number of aliphatic imine (C=N–C) groups is 1. The molecule has 0 aliphatic heterocycles. The minimum atomic E-state index is -0.384. The van der Waals surface area contributed by atoms with Crippen molar-refractivity contribution < 1.29 is 13.9 Å². The molecule has 2 aromatic carbocycles. The van der Waals surface area contributed by atoms with Crippen LogP contribution in [0.25, 0.3) is 11.3 Å². The quantitative estimate of drug-likeness (QED) is 0.330. The second-order valence-corrected chi connectivity index (χ2v) is 8.24. The third-order valence-electron chi connectivity index (χ3n) is 6.02. The van der Waals surface area contributed by atoms with E-state index in [4.69, 9.17) is 14.5 Å². The van der Waals surface area contributed by atoms with Gasteiger partial charge in [-0.3, -0.25) is 4.39 Å². The summed E-state index contributed by atoms with van der Waals surface area (Å²) in [7, 11) is 3.00. The van der Waals surface area contributed by atoms with Gasteiger partial charge in [0.2, 0.25) is 5.88 Å². The Kier molecular flexibility index (Phi) is 6.43. The fourth-order valence-corrected chi connectivity index (χ4v) is 4.06. The highest BCUT2D eigenvalue weighted by Gasteiger charge is 2.40. The van der Waals surface area contributed by atoms with E-state index in [0.717, 1.165) is 28.8 Å². The van der Waals surface area contributed by atoms with Crippen LogP contribution >= 0.6 is 0 Å². The van der Waals surface area contributed by atoms with Crippen LogP contribution in [0.4, 0.5) is 10.2 Å². The van der Waals surface area contributed by atoms with Crippen molar-refractivity contribution >= 4 is 11.5 Å². The van der Waals surface area contributed by atoms with E-state index >= 15 is 0 Å². The molecule has 7 nitrogen and oxygen atoms in total. The van der Waals surface area contributed by atoms with Gasteiger partial charge in [-0.05, 0) is 24.3 Å². The van der Waals surface area contributed by atoms with Gasteiger partial charge in [0.15, 0.2) is 5.82 Å². The first kappa shape index (κ1) is 22.6. The number of alkyl halides is 1. The van der Waals surface area contributed by atoms with Gasteiger partial charge >= 0.3 is 6.01 Å². The van der Waals surface area contributed by atoms with Gasteiger partial charge in [0.05, 0.1) is 32.2 Å². The minimum Gasteiger partial charge on any atom is -0.480 e. The van der Waals surface area contributed by atoms with E-state index < -0.39 is 0 Å². The number of benzene rings is 2. The summed E-state index contributed by atoms with van der Waals surface area (Å²) in [4.78, 5) is 13.4. The summed E-state index contributed by atoms with van der Waals surface area (Å²) in [5, 5.41) is 8.92. The molecule has 0 bridgehead atoms. The average molecular weight is 470 g/mol. The van der Waals surface area contributed by atoms with Crippen molar-refractivity contribution in [1.29, 1.82) is 0 Å². The fourth-order valence-electron chi connectivity index (χ4n) is 4.06. The van der Waals surface area contributed by atoms with Gasteiger partial charge in [0.1, 0.15) is 5.69 Å². The van der Waals surface area contributed by atoms with E-state index in [1.807, 2.05) is 66.7 Å². The standard InChI is InChI=1S/C27H24FN5O2/c1-34-26-22(16-29-27(31-26)35-2)23-14-21(20-13-19(20)15-28)25(33-32-23)30-24(17-9-5-3-6-10-17)18-11-7-4-8-12-18/h3-12,14,16,19-20H,13,15H2,1-2H3. The van der Waals surface area contributed by atoms with Crippen LogP contribution in [0, 0.1) is 5.92 Å². The zero-order valence-corrected chi connectivity index (χ0v) is 19.4. The number of hydrogen-bond acceptors (Lipinski definition) is 7. The van der Waals surface area contributed by atoms with Crippen LogP contribution in [0.5, 0.6) is 11.9 Å². The number of hydrogen-bond donors (Lipinski definition) is 0. The molecular formula is C27H24FN5O2. The molecule has 2 heterocycles. The molecule has 0 saturated heterocycles. The largest absolute Gasteiger partial charge is 0.480 e. The molecule has 2 aromatic heterocycles. The molecule has 1 fully saturated rings. The maximum atomic E-state index is 13.5. The number of methoxy groups -OCH3 is 2. The number of rotatable bonds is 8. The molecule has 8 heteroatoms. The molecule has 1 aliphatic carbocycles. The lowest BCUT2D eigenvalue weighted by molar-refractivity contribution is 0.353. The molecule has 1 aliphatic rings. The van der Waals surface area contributed by atoms with Crippen LogP contribution < -0.4 is 9.47 Å². The van der Waals surface area contributed by atoms with E-state index in [1.54, 1.807) is 6.20 Å². The molecule has 0 radical (unpaired) electrons. The summed E-state index contributed by atoms with van der Waals surface area (Å²) in [6.45, 7) is -0.384. The first-order chi connectivity index (χ1) is 17.2. The molecule has 5 rings (SSSR count). The Hall–Kier alpha value is -4.20. The van der Waals surface area contributed by atoms with E-state index in [-0.39, 0.29) is 24.5 Å². The lowest BCUT2D eigenvalue weighted by atomic mass is 10.0. The Morgan fingerprint density at radius 2 is 1.66 bits per heavy atom. The number of halogens is 1. The van der Waals surface area contributed by atoms with E-state index in [2.05, 4.69) is 20.2 Å². The van der Waals surface area contributed by atoms with Crippen LogP contribution in [0.2, 0.25) is 0 Å². The second kappa shape index (κ2) is 9.97. The molecular weight excluding hydrogens is 445 g/mol. The normalized spacial score (nSPS) is 16.4. The van der Waals surface area contributed by atoms with Crippen molar-refractivity contribution in [2.45, 2.75) is 12.3 Å². The van der Waals surface area contributed by atoms with Gasteiger partial charge in [-0.1, -0.05) is 60.7 Å². The highest BCUT2D eigenvalue weighted by molar-refractivity contribution is 6.13. The van der Waals surface area contributed by atoms with Gasteiger partial charge in [0.25, 0.3) is 0 Å². The first-order valence-electron chi connectivity index (χ1n) is 11.3. The second-order valence-electron chi connectivity index (χ2n) is 8.24. The molecule has 0 amide bonds. The van der Waals surface area contributed by atoms with E-state index in [1.165, 1.54) is 14.2 Å². The van der Waals surface area contributed by atoms with Crippen molar-refractivity contribution in [2.24, 2.45) is 10.9 Å². The summed E-state index contributed by atoms with van der Waals surface area (Å²) in [5.74, 6) is 0.768. The number of nitrogens with zero attached hydrogens (tertiary/aromatic N) is 5. The summed E-state index contributed by atoms with van der Waals surface area (Å²) >= 11 is 0. The number of aromatic nitrogens is 4. The summed E-state index contributed by atoms with van der Waals surface area (Å²) in [6, 6.07) is 21.9. The molecule has 4 aromatic rings. The van der Waals surface area contributed by atoms with Gasteiger partial charge in [-0.2, -0.15) is 4.98 Å². The van der Waals surface area contributed by atoms with Crippen LogP contribution in [0.1, 0.15) is 29.0 Å². The Morgan fingerprint density at radius 1 is 0.971 bits per heavy atom. The lowest BCUT2D eigenvalue weighted by Crippen LogP contribution is -2.05. The molecule has 0 spiro atoms. The summed E-state index contributed by atoms with van der Waals surface area (Å²) in [5.41, 5.74) is 4.64. The van der Waals surface area contributed by atoms with Crippen LogP contribution in [-0.4, -0.2) is 46.8 Å². The monoisotopic (exact) mass is 469 g/mol. The Labute approximate surface area is 202 Å². The first-order valence-corrected chi connectivity index (χ1v) is 11.3. The maximum Gasteiger partial charge on any atom is 0.319 e. The highest BCUT2D eigenvalue weighted by atomic mass is 19.1. The summed E-state index contributed by atoms with van der Waals surface area (Å²) in [6.07, 6.45) is 2.33. The topological polar surface area (TPSA) is 82.4 Å². The van der Waals surface area contributed by atoms with Crippen LogP contribution in [-0.2, 0) is 0 Å². The molecule has 2 atom stereocenters. The Bertz CT molecular complexity index is 1310. The Morgan fingerprint density at radius 3 is 2.23 bits per heavy atom. The van der Waals surface area contributed by atoms with Crippen molar-refractivity contribution in [3.63, 3.8) is 0 Å². The van der Waals surface area contributed by atoms with Gasteiger partial charge in [0, 0.05) is 22.9 Å². The fraction of sp³-hybridized carbons (Fsp3) is 0.222. The van der Waals surface area contributed by atoms with Gasteiger partial charge in [-0.15, -0.1) is 10.2 Å². The van der Waals surface area contributed by atoms with E-state index in [0.29, 0.717) is 23.0 Å². The highest BCUT2D eigenvalue weighted by Crippen LogP contribution is 2.50. The van der Waals surface area contributed by atoms with Crippen molar-refractivity contribution in [3.8, 4) is 23.1 Å². The van der Waals surface area contributed by atoms with Gasteiger partial charge in [-0.25, -0.2) is 9.98 Å². The third kappa shape index (κ3) is 4.73. The Balaban J connectivity index is 1.64. The molecule has 176 valence electrons. The molecule has 35 heavy (non-hydrogen) atoms. The lowest BCUT2D eigenvalue weighted by Gasteiger charge is -2.12. The van der Waals surface area contributed by atoms with Crippen molar-refractivity contribution in [2.75, 3.05) is 20.9 Å². The van der Waals surface area contributed by atoms with Crippen LogP contribution in [0.3, 0.4) is 0 Å². The predicted octanol–water partition coefficient (Wildman–Crippen LogP) is 5.19. The zero-order chi connectivity index (χ0) is 24.2. The SMILES string of the molecule is COc1ncc(-c2cc(C3CC3CF)c(N=C(c3ccccc3)c3ccccc3)nn2)c(OC)n1. The third-order valence-corrected chi connectivity index (χ3v) is 6.02. The van der Waals surface area contributed by atoms with Gasteiger partial charge < -0.3 is 9.47 Å².